The van der Waals surface area contributed by atoms with E-state index in [1.54, 1.807) is 0 Å². The monoisotopic (exact) mass is 241 g/mol. The Morgan fingerprint density at radius 3 is 2.42 bits per heavy atom. The molecule has 67 valence electrons. The van der Waals surface area contributed by atoms with Crippen molar-refractivity contribution >= 4 is 0 Å². The molecule has 12 heavy (non-hydrogen) atoms. The quantitative estimate of drug-likeness (QED) is 0.384. The molecule has 0 aliphatic heterocycles. The van der Waals surface area contributed by atoms with Crippen LogP contribution in [0.25, 0.3) is 0 Å². The Morgan fingerprint density at radius 2 is 1.75 bits per heavy atom. The number of hydrogen-bond acceptors (Lipinski definition) is 0. The van der Waals surface area contributed by atoms with E-state index in [0.29, 0.717) is 0 Å². The Kier molecular flexibility index (Phi) is 8.85. The maximum absolute atomic E-state index is 2.42. The van der Waals surface area contributed by atoms with Gasteiger partial charge in [-0.3, -0.25) is 0 Å². The second-order valence-corrected chi connectivity index (χ2v) is 2.82. The zero-order chi connectivity index (χ0) is 6.10. The number of hydrogen-bond donors (Lipinski definition) is 0. The molecule has 2 aliphatic rings. The summed E-state index contributed by atoms with van der Waals surface area (Å²) in [6.07, 6.45) is 14.1. The van der Waals surface area contributed by atoms with Crippen LogP contribution < -0.4 is 24.8 Å². The van der Waals surface area contributed by atoms with Gasteiger partial charge in [0.2, 0.25) is 0 Å². The summed E-state index contributed by atoms with van der Waals surface area (Å²) in [7, 11) is 0. The van der Waals surface area contributed by atoms with Gasteiger partial charge in [-0.25, -0.2) is 0 Å². The first kappa shape index (κ1) is 15.1. The Labute approximate surface area is 97.4 Å². The van der Waals surface area contributed by atoms with E-state index < -0.39 is 0 Å². The van der Waals surface area contributed by atoms with Gasteiger partial charge in [-0.15, -0.1) is 12.0 Å². The molecular formula is C9H11Cl2Cr. The van der Waals surface area contributed by atoms with Crippen LogP contribution in [0, 0.1) is 18.3 Å². The summed E-state index contributed by atoms with van der Waals surface area (Å²) in [4.78, 5) is 0. The summed E-state index contributed by atoms with van der Waals surface area (Å²) < 4.78 is 0. The summed E-state index contributed by atoms with van der Waals surface area (Å²) in [6, 6.07) is 0. The summed E-state index contributed by atoms with van der Waals surface area (Å²) in [6.45, 7) is 0. The third-order valence-electron chi connectivity index (χ3n) is 2.24. The van der Waals surface area contributed by atoms with Crippen LogP contribution in [0.2, 0.25) is 0 Å². The van der Waals surface area contributed by atoms with E-state index >= 15 is 0 Å². The van der Waals surface area contributed by atoms with Gasteiger partial charge in [-0.2, -0.15) is 6.42 Å². The molecule has 2 atom stereocenters. The van der Waals surface area contributed by atoms with E-state index in [1.807, 2.05) is 0 Å². The third-order valence-corrected chi connectivity index (χ3v) is 2.24. The van der Waals surface area contributed by atoms with Gasteiger partial charge < -0.3 is 31.2 Å². The zero-order valence-electron chi connectivity index (χ0n) is 6.62. The van der Waals surface area contributed by atoms with Crippen LogP contribution in [0.5, 0.6) is 0 Å². The van der Waals surface area contributed by atoms with E-state index in [1.165, 1.54) is 12.8 Å². The molecule has 1 radical (unpaired) electrons. The van der Waals surface area contributed by atoms with Crippen molar-refractivity contribution in [3.05, 3.63) is 30.7 Å². The molecule has 0 N–H and O–H groups in total. The summed E-state index contributed by atoms with van der Waals surface area (Å²) in [5, 5.41) is 0. The van der Waals surface area contributed by atoms with E-state index in [0.717, 1.165) is 11.8 Å². The molecule has 0 aromatic rings. The van der Waals surface area contributed by atoms with E-state index in [9.17, 15) is 0 Å². The maximum atomic E-state index is 2.42. The maximum Gasteiger partial charge on any atom is 3.00 e. The molecule has 3 heteroatoms. The van der Waals surface area contributed by atoms with Crippen molar-refractivity contribution < 1.29 is 42.2 Å². The number of halogens is 2. The molecule has 2 aliphatic carbocycles. The molecular weight excluding hydrogens is 231 g/mol. The zero-order valence-corrected chi connectivity index (χ0v) is 9.41. The molecule has 0 aromatic carbocycles. The van der Waals surface area contributed by atoms with Gasteiger partial charge >= 0.3 is 17.4 Å². The van der Waals surface area contributed by atoms with Gasteiger partial charge in [0.1, 0.15) is 0 Å². The van der Waals surface area contributed by atoms with Crippen LogP contribution in [-0.4, -0.2) is 0 Å². The first-order valence-corrected chi connectivity index (χ1v) is 3.65. The van der Waals surface area contributed by atoms with Crippen molar-refractivity contribution in [3.8, 4) is 0 Å². The van der Waals surface area contributed by atoms with E-state index in [2.05, 4.69) is 30.7 Å². The van der Waals surface area contributed by atoms with Crippen LogP contribution in [-0.2, 0) is 17.4 Å². The van der Waals surface area contributed by atoms with Crippen LogP contribution in [0.1, 0.15) is 12.8 Å². The number of fused-ring (bicyclic) bond motifs is 1. The van der Waals surface area contributed by atoms with Crippen molar-refractivity contribution in [2.45, 2.75) is 12.8 Å². The molecule has 0 aromatic heterocycles. The average molecular weight is 242 g/mol. The minimum atomic E-state index is 0. The van der Waals surface area contributed by atoms with Crippen molar-refractivity contribution in [1.82, 2.24) is 0 Å². The molecule has 0 bridgehead atoms. The Bertz CT molecular complexity index is 148. The second kappa shape index (κ2) is 7.04. The van der Waals surface area contributed by atoms with Gasteiger partial charge in [0.25, 0.3) is 0 Å². The number of rotatable bonds is 0. The molecule has 1 saturated carbocycles. The van der Waals surface area contributed by atoms with Crippen LogP contribution in [0.3, 0.4) is 0 Å². The molecule has 1 fully saturated rings. The summed E-state index contributed by atoms with van der Waals surface area (Å²) in [5.41, 5.74) is 0. The van der Waals surface area contributed by atoms with Gasteiger partial charge in [0.15, 0.2) is 0 Å². The van der Waals surface area contributed by atoms with Crippen molar-refractivity contribution in [1.29, 1.82) is 0 Å². The van der Waals surface area contributed by atoms with Crippen LogP contribution >= 0.6 is 0 Å². The molecule has 0 nitrogen and oxygen atoms in total. The summed E-state index contributed by atoms with van der Waals surface area (Å²) >= 11 is 0. The Morgan fingerprint density at radius 1 is 1.08 bits per heavy atom. The van der Waals surface area contributed by atoms with Crippen LogP contribution in [0.4, 0.5) is 0 Å². The fourth-order valence-electron chi connectivity index (χ4n) is 1.69. The molecule has 2 rings (SSSR count). The minimum absolute atomic E-state index is 0. The molecule has 0 spiro atoms. The predicted molar refractivity (Wildman–Crippen MR) is 38.8 cm³/mol. The van der Waals surface area contributed by atoms with Crippen molar-refractivity contribution in [2.75, 3.05) is 0 Å². The summed E-state index contributed by atoms with van der Waals surface area (Å²) in [5.74, 6) is 1.62. The Balaban J connectivity index is 0. The third kappa shape index (κ3) is 3.15. The topological polar surface area (TPSA) is 0 Å². The van der Waals surface area contributed by atoms with E-state index in [-0.39, 0.29) is 42.2 Å². The van der Waals surface area contributed by atoms with Gasteiger partial charge in [0.05, 0.1) is 0 Å². The van der Waals surface area contributed by atoms with Crippen LogP contribution in [0.15, 0.2) is 24.3 Å². The largest absolute Gasteiger partial charge is 3.00 e. The smallest absolute Gasteiger partial charge is 1.00 e. The Hall–Kier alpha value is 0.592. The normalized spacial score (nSPS) is 29.3. The SMILES string of the molecule is C1=CC2[CH-]CCC2C=C1.[Cl-].[Cl-].[Cr+3]. The fraction of sp³-hybridized carbons (Fsp3) is 0.444. The first-order valence-electron chi connectivity index (χ1n) is 3.65. The first-order chi connectivity index (χ1) is 4.47. The molecule has 0 saturated heterocycles. The second-order valence-electron chi connectivity index (χ2n) is 2.82. The number of allylic oxidation sites excluding steroid dienone is 4. The van der Waals surface area contributed by atoms with Gasteiger partial charge in [0, 0.05) is 0 Å². The predicted octanol–water partition coefficient (Wildman–Crippen LogP) is -3.65. The minimum Gasteiger partial charge on any atom is -1.00 e. The van der Waals surface area contributed by atoms with E-state index in [4.69, 9.17) is 0 Å². The average Bonchev–Trinajstić information content (AvgIpc) is 2.33. The van der Waals surface area contributed by atoms with Gasteiger partial charge in [-0.05, 0) is 5.92 Å². The molecule has 0 amide bonds. The van der Waals surface area contributed by atoms with Gasteiger partial charge in [-0.1, -0.05) is 24.6 Å². The van der Waals surface area contributed by atoms with Crippen molar-refractivity contribution in [3.63, 3.8) is 0 Å². The molecule has 2 unspecified atom stereocenters. The van der Waals surface area contributed by atoms with Crippen molar-refractivity contribution in [2.24, 2.45) is 11.8 Å². The fourth-order valence-corrected chi connectivity index (χ4v) is 1.69. The molecule has 0 heterocycles. The standard InChI is InChI=1S/C9H11.2ClH.Cr/c1-2-5-9-7-3-6-8(9)4-1;;;/h1-2,4-6,8-9H,3,7H2;2*1H;/q-1;;;+3/p-2.